The van der Waals surface area contributed by atoms with Gasteiger partial charge in [0.05, 0.1) is 35.2 Å². The second-order valence-corrected chi connectivity index (χ2v) is 11.2. The highest BCUT2D eigenvalue weighted by atomic mass is 19.4. The van der Waals surface area contributed by atoms with E-state index in [1.165, 1.54) is 18.3 Å². The lowest BCUT2D eigenvalue weighted by molar-refractivity contribution is -0.138. The van der Waals surface area contributed by atoms with Gasteiger partial charge >= 0.3 is 6.18 Å². The fourth-order valence-electron chi connectivity index (χ4n) is 5.59. The van der Waals surface area contributed by atoms with Gasteiger partial charge in [0.2, 0.25) is 5.56 Å². The molecule has 2 aliphatic heterocycles. The Hall–Kier alpha value is -3.97. The number of ether oxygens (including phenoxy) is 1. The number of benzene rings is 1. The highest BCUT2D eigenvalue weighted by Crippen LogP contribution is 2.37. The fraction of sp³-hybridized carbons (Fsp3) is 0.433. The Bertz CT molecular complexity index is 1530. The maximum Gasteiger partial charge on any atom is 0.417 e. The molecule has 2 aliphatic rings. The Morgan fingerprint density at radius 1 is 1.07 bits per heavy atom. The lowest BCUT2D eigenvalue weighted by atomic mass is 10.0. The van der Waals surface area contributed by atoms with Crippen molar-refractivity contribution in [3.05, 3.63) is 70.0 Å². The predicted molar refractivity (Wildman–Crippen MR) is 156 cm³/mol. The number of morpholine rings is 1. The van der Waals surface area contributed by atoms with Gasteiger partial charge in [-0.1, -0.05) is 0 Å². The molecule has 5 rings (SSSR count). The van der Waals surface area contributed by atoms with Crippen LogP contribution in [0.25, 0.3) is 11.1 Å². The van der Waals surface area contributed by atoms with Gasteiger partial charge in [0.1, 0.15) is 11.6 Å². The molecular weight excluding hydrogens is 568 g/mol. The molecule has 2 N–H and O–H groups in total. The van der Waals surface area contributed by atoms with E-state index in [-0.39, 0.29) is 29.4 Å². The Labute approximate surface area is 246 Å². The summed E-state index contributed by atoms with van der Waals surface area (Å²) >= 11 is 0. The van der Waals surface area contributed by atoms with Gasteiger partial charge in [-0.2, -0.15) is 13.2 Å². The summed E-state index contributed by atoms with van der Waals surface area (Å²) in [6.45, 7) is 8.92. The maximum atomic E-state index is 15.8. The van der Waals surface area contributed by atoms with Crippen LogP contribution in [0.5, 0.6) is 0 Å². The molecule has 3 atom stereocenters. The van der Waals surface area contributed by atoms with Gasteiger partial charge in [-0.15, -0.1) is 0 Å². The minimum Gasteiger partial charge on any atom is -0.375 e. The second-order valence-electron chi connectivity index (χ2n) is 11.2. The number of halogens is 4. The smallest absolute Gasteiger partial charge is 0.375 e. The quantitative estimate of drug-likeness (QED) is 0.413. The Morgan fingerprint density at radius 3 is 2.42 bits per heavy atom. The molecule has 2 aromatic heterocycles. The van der Waals surface area contributed by atoms with Crippen LogP contribution < -0.4 is 20.7 Å². The third kappa shape index (κ3) is 6.52. The molecule has 4 heterocycles. The van der Waals surface area contributed by atoms with Crippen molar-refractivity contribution in [3.8, 4) is 11.1 Å². The normalized spacial score (nSPS) is 21.6. The molecule has 0 radical (unpaired) electrons. The number of hydrogen-bond acceptors (Lipinski definition) is 7. The highest BCUT2D eigenvalue weighted by molar-refractivity contribution is 6.07. The minimum absolute atomic E-state index is 0.0479. The predicted octanol–water partition coefficient (Wildman–Crippen LogP) is 4.60. The number of alkyl halides is 3. The van der Waals surface area contributed by atoms with Crippen molar-refractivity contribution >= 4 is 23.1 Å². The lowest BCUT2D eigenvalue weighted by Gasteiger charge is -2.44. The van der Waals surface area contributed by atoms with Crippen LogP contribution in [0.3, 0.4) is 0 Å². The largest absolute Gasteiger partial charge is 0.417 e. The number of nitrogens with one attached hydrogen (secondary N) is 2. The van der Waals surface area contributed by atoms with Crippen molar-refractivity contribution in [2.75, 3.05) is 55.0 Å². The third-order valence-electron chi connectivity index (χ3n) is 8.13. The Balaban J connectivity index is 1.54. The molecule has 3 aromatic rings. The molecule has 0 spiro atoms. The van der Waals surface area contributed by atoms with E-state index in [9.17, 15) is 22.8 Å². The van der Waals surface area contributed by atoms with Crippen LogP contribution in [0.15, 0.2) is 47.5 Å². The fourth-order valence-corrected chi connectivity index (χ4v) is 5.59. The van der Waals surface area contributed by atoms with E-state index in [0.29, 0.717) is 55.9 Å². The first kappa shape index (κ1) is 30.5. The average Bonchev–Trinajstić information content (AvgIpc) is 2.96. The van der Waals surface area contributed by atoms with Crippen molar-refractivity contribution in [2.24, 2.45) is 0 Å². The molecule has 1 aromatic carbocycles. The van der Waals surface area contributed by atoms with Crippen molar-refractivity contribution in [2.45, 2.75) is 45.1 Å². The van der Waals surface area contributed by atoms with Crippen molar-refractivity contribution in [1.29, 1.82) is 0 Å². The highest BCUT2D eigenvalue weighted by Gasteiger charge is 2.36. The number of rotatable bonds is 5. The van der Waals surface area contributed by atoms with E-state index in [4.69, 9.17) is 4.74 Å². The van der Waals surface area contributed by atoms with Gasteiger partial charge in [-0.05, 0) is 52.1 Å². The first-order valence-corrected chi connectivity index (χ1v) is 14.1. The zero-order valence-electron chi connectivity index (χ0n) is 24.3. The molecule has 0 aliphatic carbocycles. The number of aromatic amines is 1. The molecule has 9 nitrogen and oxygen atoms in total. The van der Waals surface area contributed by atoms with E-state index in [1.54, 1.807) is 12.1 Å². The van der Waals surface area contributed by atoms with Crippen LogP contribution in [0.4, 0.5) is 34.8 Å². The second kappa shape index (κ2) is 12.0. The van der Waals surface area contributed by atoms with Crippen LogP contribution in [-0.4, -0.2) is 78.8 Å². The van der Waals surface area contributed by atoms with Crippen LogP contribution in [0.1, 0.15) is 36.7 Å². The van der Waals surface area contributed by atoms with E-state index in [2.05, 4.69) is 25.1 Å². The molecule has 13 heteroatoms. The molecule has 230 valence electrons. The summed E-state index contributed by atoms with van der Waals surface area (Å²) in [5, 5.41) is 2.58. The first-order chi connectivity index (χ1) is 20.3. The molecule has 1 amide bonds. The summed E-state index contributed by atoms with van der Waals surface area (Å²) in [5.41, 5.74) is -2.07. The number of amides is 1. The van der Waals surface area contributed by atoms with E-state index in [1.807, 2.05) is 32.7 Å². The zero-order valence-corrected chi connectivity index (χ0v) is 24.3. The maximum absolute atomic E-state index is 15.8. The monoisotopic (exact) mass is 602 g/mol. The summed E-state index contributed by atoms with van der Waals surface area (Å²) < 4.78 is 62.6. The van der Waals surface area contributed by atoms with Crippen LogP contribution >= 0.6 is 0 Å². The number of H-pyrrole nitrogens is 1. The van der Waals surface area contributed by atoms with Gasteiger partial charge in [-0.25, -0.2) is 9.37 Å². The van der Waals surface area contributed by atoms with Crippen LogP contribution in [-0.2, 0) is 10.9 Å². The van der Waals surface area contributed by atoms with Crippen molar-refractivity contribution in [1.82, 2.24) is 14.9 Å². The molecule has 0 bridgehead atoms. The molecule has 0 saturated carbocycles. The van der Waals surface area contributed by atoms with Crippen LogP contribution in [0.2, 0.25) is 0 Å². The minimum atomic E-state index is -4.94. The number of anilines is 3. The number of likely N-dealkylation sites (N-methyl/N-ethyl adjacent to an activating group) is 1. The number of hydrogen-bond donors (Lipinski definition) is 2. The van der Waals surface area contributed by atoms with Gasteiger partial charge in [0.15, 0.2) is 0 Å². The van der Waals surface area contributed by atoms with Crippen molar-refractivity contribution < 1.29 is 27.1 Å². The lowest BCUT2D eigenvalue weighted by Crippen LogP contribution is -2.55. The van der Waals surface area contributed by atoms with Gasteiger partial charge in [0, 0.05) is 67.8 Å². The number of nitrogens with zero attached hydrogens (tertiary/aromatic N) is 4. The standard InChI is InChI=1S/C30H34F4N6O3/c1-17-14-40(15-18(2)38(17)4)26-11-24(31)21(20-5-6-27(35-12-20)39-7-8-43-19(3)16-39)9-25(26)37-29(42)22-13-36-28(41)10-23(22)30(32,33)34/h5-6,9-13,17-19H,7-8,14-16H2,1-4H3,(H,36,41)(H,37,42)/t17-,18+,19-/m0/s1. The van der Waals surface area contributed by atoms with Crippen LogP contribution in [0, 0.1) is 5.82 Å². The number of carbonyl (C=O) groups is 1. The van der Waals surface area contributed by atoms with Gasteiger partial charge in [0.25, 0.3) is 5.91 Å². The van der Waals surface area contributed by atoms with E-state index in [0.717, 1.165) is 6.20 Å². The number of piperazine rings is 1. The van der Waals surface area contributed by atoms with E-state index < -0.39 is 34.6 Å². The Kier molecular flexibility index (Phi) is 8.48. The topological polar surface area (TPSA) is 93.8 Å². The molecule has 43 heavy (non-hydrogen) atoms. The third-order valence-corrected chi connectivity index (χ3v) is 8.13. The summed E-state index contributed by atoms with van der Waals surface area (Å²) in [7, 11) is 1.99. The molecule has 2 fully saturated rings. The zero-order chi connectivity index (χ0) is 31.1. The number of aromatic nitrogens is 2. The SMILES string of the molecule is C[C@@H]1CN(c2cc(F)c(-c3ccc(N4CCO[C@@H](C)C4)nc3)cc2NC(=O)c2c[nH]c(=O)cc2C(F)(F)F)C[C@H](C)N1C. The summed E-state index contributed by atoms with van der Waals surface area (Å²) in [6.07, 6.45) is -2.62. The number of pyridine rings is 2. The Morgan fingerprint density at radius 2 is 1.79 bits per heavy atom. The van der Waals surface area contributed by atoms with Gasteiger partial charge in [-0.3, -0.25) is 14.5 Å². The summed E-state index contributed by atoms with van der Waals surface area (Å²) in [6, 6.07) is 6.73. The molecule has 0 unspecified atom stereocenters. The van der Waals surface area contributed by atoms with Gasteiger partial charge < -0.3 is 24.8 Å². The number of carbonyl (C=O) groups excluding carboxylic acids is 1. The summed E-state index contributed by atoms with van der Waals surface area (Å²) in [5.74, 6) is -0.947. The molecule has 2 saturated heterocycles. The average molecular weight is 603 g/mol. The van der Waals surface area contributed by atoms with E-state index >= 15 is 4.39 Å². The van der Waals surface area contributed by atoms with Crippen molar-refractivity contribution in [3.63, 3.8) is 0 Å². The summed E-state index contributed by atoms with van der Waals surface area (Å²) in [4.78, 5) is 37.8. The first-order valence-electron chi connectivity index (χ1n) is 14.1. The molecular formula is C30H34F4N6O3.